The van der Waals surface area contributed by atoms with Crippen molar-refractivity contribution in [3.8, 4) is 0 Å². The molecule has 29 heavy (non-hydrogen) atoms. The smallest absolute Gasteiger partial charge is 0.339 e. The second-order valence-electron chi connectivity index (χ2n) is 7.21. The zero-order valence-corrected chi connectivity index (χ0v) is 16.7. The van der Waals surface area contributed by atoms with Crippen LogP contribution in [-0.4, -0.2) is 43.5 Å². The molecule has 1 heterocycles. The standard InChI is InChI=1S/C23H25NO5/c1-15-9-10-16(2)20(12-15)22(26)18-7-3-4-8-19(18)23(27)29-14-21(25)24-13-17-6-5-11-28-17/h3-4,7-10,12,17H,5-6,11,13-14H2,1-2H3,(H,24,25)/t17-/m0/s1. The summed E-state index contributed by atoms with van der Waals surface area (Å²) in [5.41, 5.74) is 2.73. The summed E-state index contributed by atoms with van der Waals surface area (Å²) in [5, 5.41) is 2.70. The third-order valence-electron chi connectivity index (χ3n) is 4.91. The first-order valence-electron chi connectivity index (χ1n) is 9.72. The van der Waals surface area contributed by atoms with Gasteiger partial charge in [0.2, 0.25) is 0 Å². The number of rotatable bonds is 7. The van der Waals surface area contributed by atoms with Crippen molar-refractivity contribution in [3.63, 3.8) is 0 Å². The number of ketones is 1. The van der Waals surface area contributed by atoms with Gasteiger partial charge < -0.3 is 14.8 Å². The van der Waals surface area contributed by atoms with Crippen LogP contribution in [0.2, 0.25) is 0 Å². The van der Waals surface area contributed by atoms with Crippen LogP contribution >= 0.6 is 0 Å². The Bertz CT molecular complexity index is 915. The van der Waals surface area contributed by atoms with E-state index in [0.29, 0.717) is 18.7 Å². The first-order chi connectivity index (χ1) is 14.0. The molecule has 2 aromatic rings. The van der Waals surface area contributed by atoms with Gasteiger partial charge in [0.1, 0.15) is 0 Å². The Balaban J connectivity index is 1.66. The minimum absolute atomic E-state index is 0.0190. The number of esters is 1. The molecule has 1 saturated heterocycles. The van der Waals surface area contributed by atoms with Crippen molar-refractivity contribution in [2.45, 2.75) is 32.8 Å². The van der Waals surface area contributed by atoms with Gasteiger partial charge in [-0.3, -0.25) is 9.59 Å². The highest BCUT2D eigenvalue weighted by Gasteiger charge is 2.21. The maximum Gasteiger partial charge on any atom is 0.339 e. The van der Waals surface area contributed by atoms with Gasteiger partial charge in [0.25, 0.3) is 5.91 Å². The molecule has 2 aromatic carbocycles. The van der Waals surface area contributed by atoms with Crippen LogP contribution in [-0.2, 0) is 14.3 Å². The van der Waals surface area contributed by atoms with E-state index >= 15 is 0 Å². The van der Waals surface area contributed by atoms with Gasteiger partial charge in [-0.15, -0.1) is 0 Å². The van der Waals surface area contributed by atoms with E-state index in [0.717, 1.165) is 24.0 Å². The average molecular weight is 395 g/mol. The highest BCUT2D eigenvalue weighted by molar-refractivity contribution is 6.15. The van der Waals surface area contributed by atoms with E-state index in [1.165, 1.54) is 6.07 Å². The fraction of sp³-hybridized carbons (Fsp3) is 0.348. The summed E-state index contributed by atoms with van der Waals surface area (Å²) in [6.45, 7) is 4.47. The number of ether oxygens (including phenoxy) is 2. The van der Waals surface area contributed by atoms with Crippen molar-refractivity contribution in [2.75, 3.05) is 19.8 Å². The molecule has 1 atom stereocenters. The topological polar surface area (TPSA) is 81.7 Å². The maximum absolute atomic E-state index is 13.0. The fourth-order valence-corrected chi connectivity index (χ4v) is 3.28. The molecule has 6 heteroatoms. The van der Waals surface area contributed by atoms with E-state index in [2.05, 4.69) is 5.32 Å². The third kappa shape index (κ3) is 5.29. The second-order valence-corrected chi connectivity index (χ2v) is 7.21. The molecule has 1 N–H and O–H groups in total. The minimum Gasteiger partial charge on any atom is -0.452 e. The molecule has 0 radical (unpaired) electrons. The molecule has 152 valence electrons. The highest BCUT2D eigenvalue weighted by atomic mass is 16.5. The highest BCUT2D eigenvalue weighted by Crippen LogP contribution is 2.19. The number of benzene rings is 2. The van der Waals surface area contributed by atoms with E-state index in [1.807, 2.05) is 26.0 Å². The van der Waals surface area contributed by atoms with E-state index in [4.69, 9.17) is 9.47 Å². The van der Waals surface area contributed by atoms with E-state index in [1.54, 1.807) is 24.3 Å². The number of nitrogens with one attached hydrogen (secondary N) is 1. The molecule has 0 spiro atoms. The zero-order chi connectivity index (χ0) is 20.8. The lowest BCUT2D eigenvalue weighted by Crippen LogP contribution is -2.35. The van der Waals surface area contributed by atoms with Crippen LogP contribution < -0.4 is 5.32 Å². The Labute approximate surface area is 170 Å². The van der Waals surface area contributed by atoms with Gasteiger partial charge in [-0.05, 0) is 44.4 Å². The molecule has 3 rings (SSSR count). The molecule has 0 aliphatic carbocycles. The molecule has 0 unspecified atom stereocenters. The van der Waals surface area contributed by atoms with Crippen molar-refractivity contribution in [3.05, 3.63) is 70.3 Å². The monoisotopic (exact) mass is 395 g/mol. The minimum atomic E-state index is -0.702. The van der Waals surface area contributed by atoms with Crippen LogP contribution in [0.15, 0.2) is 42.5 Å². The summed E-state index contributed by atoms with van der Waals surface area (Å²) in [4.78, 5) is 37.5. The molecule has 6 nitrogen and oxygen atoms in total. The van der Waals surface area contributed by atoms with E-state index in [9.17, 15) is 14.4 Å². The Morgan fingerprint density at radius 2 is 1.83 bits per heavy atom. The molecule has 0 aromatic heterocycles. The molecular weight excluding hydrogens is 370 g/mol. The van der Waals surface area contributed by atoms with Crippen molar-refractivity contribution < 1.29 is 23.9 Å². The Hall–Kier alpha value is -2.99. The number of amides is 1. The lowest BCUT2D eigenvalue weighted by atomic mass is 9.94. The molecule has 0 saturated carbocycles. The van der Waals surface area contributed by atoms with Crippen molar-refractivity contribution in [1.82, 2.24) is 5.32 Å². The van der Waals surface area contributed by atoms with Crippen LogP contribution in [0.1, 0.15) is 50.2 Å². The van der Waals surface area contributed by atoms with Gasteiger partial charge in [-0.25, -0.2) is 4.79 Å². The fourth-order valence-electron chi connectivity index (χ4n) is 3.28. The SMILES string of the molecule is Cc1ccc(C)c(C(=O)c2ccccc2C(=O)OCC(=O)NC[C@@H]2CCCO2)c1. The molecule has 0 bridgehead atoms. The van der Waals surface area contributed by atoms with E-state index < -0.39 is 18.5 Å². The number of aryl methyl sites for hydroxylation is 2. The van der Waals surface area contributed by atoms with Crippen LogP contribution in [0, 0.1) is 13.8 Å². The Morgan fingerprint density at radius 3 is 2.55 bits per heavy atom. The van der Waals surface area contributed by atoms with Crippen molar-refractivity contribution in [1.29, 1.82) is 0 Å². The lowest BCUT2D eigenvalue weighted by molar-refractivity contribution is -0.124. The zero-order valence-electron chi connectivity index (χ0n) is 16.7. The van der Waals surface area contributed by atoms with Crippen molar-refractivity contribution in [2.24, 2.45) is 0 Å². The third-order valence-corrected chi connectivity index (χ3v) is 4.91. The quantitative estimate of drug-likeness (QED) is 0.576. The van der Waals surface area contributed by atoms with Crippen LogP contribution in [0.5, 0.6) is 0 Å². The molecule has 1 aliphatic heterocycles. The van der Waals surface area contributed by atoms with Crippen LogP contribution in [0.3, 0.4) is 0 Å². The summed E-state index contributed by atoms with van der Waals surface area (Å²) in [6.07, 6.45) is 1.92. The van der Waals surface area contributed by atoms with Gasteiger partial charge in [0.05, 0.1) is 11.7 Å². The van der Waals surface area contributed by atoms with Gasteiger partial charge in [0, 0.05) is 24.3 Å². The normalized spacial score (nSPS) is 15.7. The number of hydrogen-bond donors (Lipinski definition) is 1. The maximum atomic E-state index is 13.0. The number of hydrogen-bond acceptors (Lipinski definition) is 5. The summed E-state index contributed by atoms with van der Waals surface area (Å²) in [5.74, 6) is -1.35. The summed E-state index contributed by atoms with van der Waals surface area (Å²) in [7, 11) is 0. The predicted molar refractivity (Wildman–Crippen MR) is 108 cm³/mol. The Morgan fingerprint density at radius 1 is 1.07 bits per heavy atom. The van der Waals surface area contributed by atoms with Gasteiger partial charge in [-0.1, -0.05) is 35.9 Å². The number of carbonyl (C=O) groups is 3. The second kappa shape index (κ2) is 9.47. The first-order valence-corrected chi connectivity index (χ1v) is 9.72. The van der Waals surface area contributed by atoms with Crippen molar-refractivity contribution >= 4 is 17.7 Å². The number of carbonyl (C=O) groups excluding carboxylic acids is 3. The largest absolute Gasteiger partial charge is 0.452 e. The molecular formula is C23H25NO5. The van der Waals surface area contributed by atoms with Gasteiger partial charge >= 0.3 is 5.97 Å². The average Bonchev–Trinajstić information content (AvgIpc) is 3.25. The van der Waals surface area contributed by atoms with E-state index in [-0.39, 0.29) is 23.0 Å². The van der Waals surface area contributed by atoms with Crippen LogP contribution in [0.4, 0.5) is 0 Å². The van der Waals surface area contributed by atoms with Crippen LogP contribution in [0.25, 0.3) is 0 Å². The lowest BCUT2D eigenvalue weighted by Gasteiger charge is -2.12. The van der Waals surface area contributed by atoms with Gasteiger partial charge in [-0.2, -0.15) is 0 Å². The molecule has 1 aliphatic rings. The Kier molecular flexibility index (Phi) is 6.77. The van der Waals surface area contributed by atoms with Gasteiger partial charge in [0.15, 0.2) is 12.4 Å². The molecule has 1 amide bonds. The molecule has 1 fully saturated rings. The first kappa shape index (κ1) is 20.7. The predicted octanol–water partition coefficient (Wildman–Crippen LogP) is 2.99. The summed E-state index contributed by atoms with van der Waals surface area (Å²) in [6, 6.07) is 12.1. The summed E-state index contributed by atoms with van der Waals surface area (Å²) >= 11 is 0. The summed E-state index contributed by atoms with van der Waals surface area (Å²) < 4.78 is 10.6.